The lowest BCUT2D eigenvalue weighted by Gasteiger charge is -2.15. The van der Waals surface area contributed by atoms with Crippen LogP contribution < -0.4 is 5.56 Å². The van der Waals surface area contributed by atoms with Crippen molar-refractivity contribution in [3.63, 3.8) is 0 Å². The summed E-state index contributed by atoms with van der Waals surface area (Å²) in [7, 11) is 0. The van der Waals surface area contributed by atoms with Crippen LogP contribution in [0.3, 0.4) is 0 Å². The van der Waals surface area contributed by atoms with Crippen molar-refractivity contribution in [2.45, 2.75) is 19.6 Å². The zero-order chi connectivity index (χ0) is 13.2. The molecule has 1 aliphatic heterocycles. The number of amides is 1. The first-order valence-corrected chi connectivity index (χ1v) is 5.82. The number of carbonyl (C=O) groups excluding carboxylic acids is 1. The summed E-state index contributed by atoms with van der Waals surface area (Å²) in [6.45, 7) is 0.885. The summed E-state index contributed by atoms with van der Waals surface area (Å²) < 4.78 is 1.15. The number of fused-ring (bicyclic) bond motifs is 1. The Labute approximate surface area is 108 Å². The molecule has 0 spiro atoms. The van der Waals surface area contributed by atoms with Crippen LogP contribution in [0.5, 0.6) is 0 Å². The molecule has 3 rings (SSSR count). The summed E-state index contributed by atoms with van der Waals surface area (Å²) in [6, 6.07) is 2.93. The van der Waals surface area contributed by atoms with Crippen molar-refractivity contribution in [3.8, 4) is 0 Å². The fraction of sp³-hybridized carbons (Fsp3) is 0.250. The molecule has 0 N–H and O–H groups in total. The number of rotatable bonds is 2. The van der Waals surface area contributed by atoms with E-state index in [2.05, 4.69) is 15.1 Å². The lowest BCUT2D eigenvalue weighted by molar-refractivity contribution is -0.132. The molecule has 7 heteroatoms. The van der Waals surface area contributed by atoms with Crippen molar-refractivity contribution in [2.75, 3.05) is 0 Å². The number of aromatic nitrogens is 4. The molecule has 19 heavy (non-hydrogen) atoms. The monoisotopic (exact) mass is 257 g/mol. The molecule has 2 aromatic rings. The highest BCUT2D eigenvalue weighted by molar-refractivity contribution is 5.76. The van der Waals surface area contributed by atoms with Gasteiger partial charge in [-0.15, -0.1) is 0 Å². The van der Waals surface area contributed by atoms with Crippen LogP contribution >= 0.6 is 0 Å². The van der Waals surface area contributed by atoms with Gasteiger partial charge in [-0.25, -0.2) is 14.6 Å². The predicted molar refractivity (Wildman–Crippen MR) is 64.8 cm³/mol. The van der Waals surface area contributed by atoms with Crippen LogP contribution in [-0.2, 0) is 24.4 Å². The highest BCUT2D eigenvalue weighted by Gasteiger charge is 2.24. The average molecular weight is 257 g/mol. The van der Waals surface area contributed by atoms with Crippen LogP contribution in [0, 0.1) is 0 Å². The quantitative estimate of drug-likeness (QED) is 0.729. The van der Waals surface area contributed by atoms with Gasteiger partial charge in [0, 0.05) is 30.6 Å². The van der Waals surface area contributed by atoms with Gasteiger partial charge in [0.1, 0.15) is 12.9 Å². The van der Waals surface area contributed by atoms with Gasteiger partial charge in [-0.2, -0.15) is 5.10 Å². The minimum atomic E-state index is -0.285. The van der Waals surface area contributed by atoms with Crippen molar-refractivity contribution in [1.29, 1.82) is 0 Å². The Balaban J connectivity index is 1.74. The molecule has 1 amide bonds. The zero-order valence-corrected chi connectivity index (χ0v) is 10.1. The molecule has 0 radical (unpaired) electrons. The standard InChI is InChI=1S/C12H11N5O2/c18-11-2-1-3-15-17(11)7-12(19)16-5-9-4-13-8-14-10(9)6-16/h1-4,8H,5-7H2. The van der Waals surface area contributed by atoms with Gasteiger partial charge >= 0.3 is 0 Å². The van der Waals surface area contributed by atoms with Crippen molar-refractivity contribution < 1.29 is 4.79 Å². The molecule has 0 atom stereocenters. The Bertz CT molecular complexity index is 657. The number of carbonyl (C=O) groups is 1. The maximum absolute atomic E-state index is 12.1. The van der Waals surface area contributed by atoms with Gasteiger partial charge in [-0.05, 0) is 6.07 Å². The molecule has 1 aliphatic rings. The average Bonchev–Trinajstić information content (AvgIpc) is 2.85. The second-order valence-corrected chi connectivity index (χ2v) is 4.26. The molecule has 96 valence electrons. The summed E-state index contributed by atoms with van der Waals surface area (Å²) in [5.74, 6) is -0.154. The molecule has 0 fully saturated rings. The molecule has 0 saturated heterocycles. The maximum atomic E-state index is 12.1. The smallest absolute Gasteiger partial charge is 0.267 e. The molecule has 2 aromatic heterocycles. The predicted octanol–water partition coefficient (Wildman–Crippen LogP) is -0.424. The van der Waals surface area contributed by atoms with Crippen LogP contribution in [0.2, 0.25) is 0 Å². The topological polar surface area (TPSA) is 81.0 Å². The van der Waals surface area contributed by atoms with Gasteiger partial charge in [0.25, 0.3) is 5.56 Å². The Morgan fingerprint density at radius 2 is 2.26 bits per heavy atom. The van der Waals surface area contributed by atoms with E-state index in [1.165, 1.54) is 18.6 Å². The highest BCUT2D eigenvalue weighted by atomic mass is 16.2. The van der Waals surface area contributed by atoms with Crippen molar-refractivity contribution in [2.24, 2.45) is 0 Å². The second kappa shape index (κ2) is 4.60. The molecule has 0 unspecified atom stereocenters. The summed E-state index contributed by atoms with van der Waals surface area (Å²) >= 11 is 0. The largest absolute Gasteiger partial charge is 0.331 e. The Morgan fingerprint density at radius 1 is 1.37 bits per heavy atom. The third kappa shape index (κ3) is 2.22. The molecular weight excluding hydrogens is 246 g/mol. The van der Waals surface area contributed by atoms with E-state index in [0.29, 0.717) is 13.1 Å². The van der Waals surface area contributed by atoms with Gasteiger partial charge < -0.3 is 4.90 Å². The summed E-state index contributed by atoms with van der Waals surface area (Å²) in [4.78, 5) is 33.3. The summed E-state index contributed by atoms with van der Waals surface area (Å²) in [6.07, 6.45) is 4.66. The van der Waals surface area contributed by atoms with Gasteiger partial charge in [0.2, 0.25) is 5.91 Å². The normalized spacial score (nSPS) is 13.4. The molecule has 0 aromatic carbocycles. The van der Waals surface area contributed by atoms with Gasteiger partial charge in [0.05, 0.1) is 12.2 Å². The number of hydrogen-bond donors (Lipinski definition) is 0. The molecule has 3 heterocycles. The SMILES string of the molecule is O=C(Cn1ncccc1=O)N1Cc2cncnc2C1. The van der Waals surface area contributed by atoms with Crippen LogP contribution in [0.1, 0.15) is 11.3 Å². The minimum Gasteiger partial charge on any atom is -0.331 e. The molecule has 7 nitrogen and oxygen atoms in total. The van der Waals surface area contributed by atoms with Crippen molar-refractivity contribution in [3.05, 3.63) is 52.5 Å². The molecule has 0 bridgehead atoms. The Hall–Kier alpha value is -2.57. The van der Waals surface area contributed by atoms with Crippen LogP contribution in [0.4, 0.5) is 0 Å². The first kappa shape index (κ1) is 11.5. The minimum absolute atomic E-state index is 0.0545. The molecule has 0 saturated carbocycles. The summed E-state index contributed by atoms with van der Waals surface area (Å²) in [5.41, 5.74) is 1.52. The Kier molecular flexibility index (Phi) is 2.79. The lowest BCUT2D eigenvalue weighted by Crippen LogP contribution is -2.34. The third-order valence-corrected chi connectivity index (χ3v) is 3.01. The van der Waals surface area contributed by atoms with E-state index < -0.39 is 0 Å². The fourth-order valence-electron chi connectivity index (χ4n) is 2.01. The Morgan fingerprint density at radius 3 is 3.05 bits per heavy atom. The second-order valence-electron chi connectivity index (χ2n) is 4.26. The van der Waals surface area contributed by atoms with Gasteiger partial charge in [-0.1, -0.05) is 0 Å². The number of hydrogen-bond acceptors (Lipinski definition) is 5. The molecular formula is C12H11N5O2. The first-order valence-electron chi connectivity index (χ1n) is 5.82. The fourth-order valence-corrected chi connectivity index (χ4v) is 2.01. The summed E-state index contributed by atoms with van der Waals surface area (Å²) in [5, 5.41) is 3.87. The van der Waals surface area contributed by atoms with Crippen molar-refractivity contribution in [1.82, 2.24) is 24.6 Å². The van der Waals surface area contributed by atoms with Gasteiger partial charge in [0.15, 0.2) is 0 Å². The van der Waals surface area contributed by atoms with Crippen LogP contribution in [0.25, 0.3) is 0 Å². The van der Waals surface area contributed by atoms with E-state index >= 15 is 0 Å². The van der Waals surface area contributed by atoms with E-state index in [1.807, 2.05) is 0 Å². The van der Waals surface area contributed by atoms with E-state index in [4.69, 9.17) is 0 Å². The van der Waals surface area contributed by atoms with Crippen LogP contribution in [0.15, 0.2) is 35.6 Å². The first-order chi connectivity index (χ1) is 9.24. The van der Waals surface area contributed by atoms with E-state index in [1.54, 1.807) is 17.2 Å². The third-order valence-electron chi connectivity index (χ3n) is 3.01. The highest BCUT2D eigenvalue weighted by Crippen LogP contribution is 2.19. The van der Waals surface area contributed by atoms with Gasteiger partial charge in [-0.3, -0.25) is 9.59 Å². The molecule has 0 aliphatic carbocycles. The maximum Gasteiger partial charge on any atom is 0.267 e. The van der Waals surface area contributed by atoms with E-state index in [-0.39, 0.29) is 18.0 Å². The van der Waals surface area contributed by atoms with E-state index in [0.717, 1.165) is 15.9 Å². The zero-order valence-electron chi connectivity index (χ0n) is 10.1. The lowest BCUT2D eigenvalue weighted by atomic mass is 10.3. The van der Waals surface area contributed by atoms with Crippen LogP contribution in [-0.4, -0.2) is 30.6 Å². The van der Waals surface area contributed by atoms with Crippen molar-refractivity contribution >= 4 is 5.91 Å². The number of nitrogens with zero attached hydrogens (tertiary/aromatic N) is 5. The van der Waals surface area contributed by atoms with E-state index in [9.17, 15) is 9.59 Å².